The van der Waals surface area contributed by atoms with Crippen LogP contribution in [0.4, 0.5) is 6.01 Å². The van der Waals surface area contributed by atoms with Crippen LogP contribution in [0.3, 0.4) is 0 Å². The molecule has 0 aromatic carbocycles. The summed E-state index contributed by atoms with van der Waals surface area (Å²) < 4.78 is 6.09. The SMILES string of the molecule is O=C1CC=NCN1C=CC=Cc1cc2oc(N3CCCC(N4CCCCC4)CC3)nc2[nH]1. The number of hydrogen-bond acceptors (Lipinski definition) is 6. The summed E-state index contributed by atoms with van der Waals surface area (Å²) in [6.45, 7) is 4.92. The zero-order valence-corrected chi connectivity index (χ0v) is 18.6. The molecule has 5 heterocycles. The first-order chi connectivity index (χ1) is 15.8. The number of hydrogen-bond donors (Lipinski definition) is 1. The fraction of sp³-hybridized carbons (Fsp3) is 0.542. The van der Waals surface area contributed by atoms with Crippen molar-refractivity contribution >= 4 is 35.4 Å². The number of aromatic nitrogens is 2. The van der Waals surface area contributed by atoms with Gasteiger partial charge in [0, 0.05) is 43.3 Å². The van der Waals surface area contributed by atoms with Gasteiger partial charge in [-0.3, -0.25) is 14.7 Å². The highest BCUT2D eigenvalue weighted by atomic mass is 16.4. The van der Waals surface area contributed by atoms with E-state index < -0.39 is 0 Å². The van der Waals surface area contributed by atoms with E-state index in [2.05, 4.69) is 19.8 Å². The van der Waals surface area contributed by atoms with Crippen molar-refractivity contribution in [3.63, 3.8) is 0 Å². The fourth-order valence-corrected chi connectivity index (χ4v) is 4.89. The van der Waals surface area contributed by atoms with Crippen molar-refractivity contribution in [3.8, 4) is 0 Å². The summed E-state index contributed by atoms with van der Waals surface area (Å²) in [7, 11) is 0. The molecule has 5 rings (SSSR count). The molecule has 2 aromatic rings. The molecule has 2 aromatic heterocycles. The first kappa shape index (κ1) is 21.0. The Morgan fingerprint density at radius 1 is 1.06 bits per heavy atom. The van der Waals surface area contributed by atoms with Crippen LogP contribution >= 0.6 is 0 Å². The minimum Gasteiger partial charge on any atom is -0.422 e. The summed E-state index contributed by atoms with van der Waals surface area (Å²) in [5.74, 6) is 0.0644. The number of amides is 1. The van der Waals surface area contributed by atoms with E-state index >= 15 is 0 Å². The van der Waals surface area contributed by atoms with E-state index in [1.54, 1.807) is 17.3 Å². The molecule has 1 N–H and O–H groups in total. The first-order valence-electron chi connectivity index (χ1n) is 11.9. The molecule has 0 radical (unpaired) electrons. The average Bonchev–Trinajstić information content (AvgIpc) is 3.27. The van der Waals surface area contributed by atoms with Gasteiger partial charge in [-0.05, 0) is 57.3 Å². The molecule has 170 valence electrons. The zero-order chi connectivity index (χ0) is 21.8. The number of carbonyl (C=O) groups excluding carboxylic acids is 1. The molecule has 3 aliphatic rings. The normalized spacial score (nSPS) is 23.8. The lowest BCUT2D eigenvalue weighted by Gasteiger charge is -2.34. The Morgan fingerprint density at radius 3 is 2.81 bits per heavy atom. The third-order valence-corrected chi connectivity index (χ3v) is 6.67. The van der Waals surface area contributed by atoms with Crippen LogP contribution < -0.4 is 4.90 Å². The Morgan fingerprint density at radius 2 is 1.97 bits per heavy atom. The number of allylic oxidation sites excluding steroid dienone is 2. The van der Waals surface area contributed by atoms with Crippen LogP contribution in [0.1, 0.15) is 50.6 Å². The highest BCUT2D eigenvalue weighted by Crippen LogP contribution is 2.27. The summed E-state index contributed by atoms with van der Waals surface area (Å²) in [4.78, 5) is 30.5. The van der Waals surface area contributed by atoms with Gasteiger partial charge in [0.25, 0.3) is 6.01 Å². The molecule has 8 nitrogen and oxygen atoms in total. The van der Waals surface area contributed by atoms with Crippen molar-refractivity contribution in [2.24, 2.45) is 4.99 Å². The Kier molecular flexibility index (Phi) is 6.39. The van der Waals surface area contributed by atoms with E-state index in [-0.39, 0.29) is 5.91 Å². The number of H-pyrrole nitrogens is 1. The van der Waals surface area contributed by atoms with Crippen LogP contribution in [0.2, 0.25) is 0 Å². The van der Waals surface area contributed by atoms with Gasteiger partial charge in [-0.25, -0.2) is 0 Å². The van der Waals surface area contributed by atoms with Crippen molar-refractivity contribution in [2.45, 2.75) is 51.0 Å². The number of aliphatic imine (C=N–C) groups is 1. The molecule has 1 amide bonds. The van der Waals surface area contributed by atoms with E-state index in [1.807, 2.05) is 24.3 Å². The lowest BCUT2D eigenvalue weighted by atomic mass is 10.0. The average molecular weight is 437 g/mol. The van der Waals surface area contributed by atoms with Gasteiger partial charge in [-0.1, -0.05) is 12.5 Å². The predicted molar refractivity (Wildman–Crippen MR) is 127 cm³/mol. The second-order valence-electron chi connectivity index (χ2n) is 8.88. The lowest BCUT2D eigenvalue weighted by molar-refractivity contribution is -0.127. The van der Waals surface area contributed by atoms with Crippen LogP contribution in [-0.4, -0.2) is 70.8 Å². The topological polar surface area (TPSA) is 81.0 Å². The van der Waals surface area contributed by atoms with E-state index in [0.717, 1.165) is 36.0 Å². The Labute approximate surface area is 188 Å². The minimum atomic E-state index is 0.0644. The molecule has 2 saturated heterocycles. The number of anilines is 1. The molecule has 0 bridgehead atoms. The number of fused-ring (bicyclic) bond motifs is 1. The highest BCUT2D eigenvalue weighted by molar-refractivity contribution is 5.92. The van der Waals surface area contributed by atoms with Gasteiger partial charge in [0.1, 0.15) is 6.67 Å². The maximum absolute atomic E-state index is 11.7. The molecule has 32 heavy (non-hydrogen) atoms. The fourth-order valence-electron chi connectivity index (χ4n) is 4.89. The van der Waals surface area contributed by atoms with Crippen LogP contribution in [0.15, 0.2) is 33.8 Å². The van der Waals surface area contributed by atoms with Crippen molar-refractivity contribution in [3.05, 3.63) is 30.1 Å². The maximum Gasteiger partial charge on any atom is 0.299 e. The summed E-state index contributed by atoms with van der Waals surface area (Å²) in [5, 5.41) is 0. The Bertz CT molecular complexity index is 982. The molecule has 3 aliphatic heterocycles. The molecule has 0 aliphatic carbocycles. The van der Waals surface area contributed by atoms with E-state index in [1.165, 1.54) is 51.6 Å². The van der Waals surface area contributed by atoms with Crippen molar-refractivity contribution in [1.82, 2.24) is 19.8 Å². The van der Waals surface area contributed by atoms with Crippen molar-refractivity contribution in [2.75, 3.05) is 37.7 Å². The van der Waals surface area contributed by atoms with E-state index in [4.69, 9.17) is 9.40 Å². The Hall–Kier alpha value is -2.87. The summed E-state index contributed by atoms with van der Waals surface area (Å²) in [6, 6.07) is 3.41. The van der Waals surface area contributed by atoms with Crippen LogP contribution in [0, 0.1) is 0 Å². The van der Waals surface area contributed by atoms with Crippen LogP contribution in [0.5, 0.6) is 0 Å². The van der Waals surface area contributed by atoms with E-state index in [0.29, 0.717) is 19.1 Å². The quantitative estimate of drug-likeness (QED) is 0.722. The van der Waals surface area contributed by atoms with Crippen LogP contribution in [0.25, 0.3) is 17.3 Å². The third-order valence-electron chi connectivity index (χ3n) is 6.67. The lowest BCUT2D eigenvalue weighted by Crippen LogP contribution is -2.39. The van der Waals surface area contributed by atoms with Gasteiger partial charge >= 0.3 is 0 Å². The molecule has 1 atom stereocenters. The van der Waals surface area contributed by atoms with E-state index in [9.17, 15) is 4.79 Å². The van der Waals surface area contributed by atoms with Crippen LogP contribution in [-0.2, 0) is 4.79 Å². The molecule has 0 saturated carbocycles. The molecule has 0 spiro atoms. The van der Waals surface area contributed by atoms with Crippen molar-refractivity contribution in [1.29, 1.82) is 0 Å². The number of aromatic amines is 1. The number of nitrogens with zero attached hydrogens (tertiary/aromatic N) is 5. The van der Waals surface area contributed by atoms with Gasteiger partial charge in [-0.15, -0.1) is 0 Å². The number of nitrogens with one attached hydrogen (secondary N) is 1. The van der Waals surface area contributed by atoms with Gasteiger partial charge < -0.3 is 19.2 Å². The van der Waals surface area contributed by atoms with Crippen molar-refractivity contribution < 1.29 is 9.21 Å². The largest absolute Gasteiger partial charge is 0.422 e. The molecule has 2 fully saturated rings. The first-order valence-corrected chi connectivity index (χ1v) is 11.9. The zero-order valence-electron chi connectivity index (χ0n) is 18.6. The second-order valence-corrected chi connectivity index (χ2v) is 8.88. The molecular weight excluding hydrogens is 404 g/mol. The highest BCUT2D eigenvalue weighted by Gasteiger charge is 2.25. The summed E-state index contributed by atoms with van der Waals surface area (Å²) >= 11 is 0. The number of carbonyl (C=O) groups is 1. The van der Waals surface area contributed by atoms with Gasteiger partial charge in [0.2, 0.25) is 5.91 Å². The number of rotatable bonds is 5. The third kappa shape index (κ3) is 4.80. The van der Waals surface area contributed by atoms with Gasteiger partial charge in [0.15, 0.2) is 11.2 Å². The molecule has 8 heteroatoms. The standard InChI is InChI=1S/C24H32N6O2/c31-22-9-11-25-18-30(22)14-5-2-7-19-17-21-23(26-19)27-24(32-21)29-15-6-8-20(10-16-29)28-12-3-1-4-13-28/h2,5,7,11,14,17,20,26H,1,3-4,6,8-10,12-13,15-16,18H2. The summed E-state index contributed by atoms with van der Waals surface area (Å²) in [6.07, 6.45) is 17.2. The van der Waals surface area contributed by atoms with Gasteiger partial charge in [-0.2, -0.15) is 4.98 Å². The second kappa shape index (κ2) is 9.73. The molecule has 1 unspecified atom stereocenters. The van der Waals surface area contributed by atoms with Gasteiger partial charge in [0.05, 0.1) is 6.42 Å². The summed E-state index contributed by atoms with van der Waals surface area (Å²) in [5.41, 5.74) is 2.48. The monoisotopic (exact) mass is 436 g/mol. The maximum atomic E-state index is 11.7. The Balaban J connectivity index is 1.18. The molecular formula is C24H32N6O2. The smallest absolute Gasteiger partial charge is 0.299 e. The number of oxazole rings is 1. The minimum absolute atomic E-state index is 0.0644. The number of likely N-dealkylation sites (tertiary alicyclic amines) is 1. The number of piperidine rings is 1. The predicted octanol–water partition coefficient (Wildman–Crippen LogP) is 3.79.